The number of tetrazole rings is 1. The Morgan fingerprint density at radius 3 is 2.61 bits per heavy atom. The van der Waals surface area contributed by atoms with E-state index in [9.17, 15) is 13.2 Å². The molecule has 1 aromatic carbocycles. The third-order valence-corrected chi connectivity index (χ3v) is 4.75. The van der Waals surface area contributed by atoms with Gasteiger partial charge in [-0.2, -0.15) is 5.21 Å². The molecule has 0 radical (unpaired) electrons. The Kier molecular flexibility index (Phi) is 3.66. The van der Waals surface area contributed by atoms with Gasteiger partial charge in [-0.1, -0.05) is 22.8 Å². The quantitative estimate of drug-likeness (QED) is 0.728. The van der Waals surface area contributed by atoms with Gasteiger partial charge in [0, 0.05) is 12.4 Å². The molecule has 0 spiro atoms. The van der Waals surface area contributed by atoms with Gasteiger partial charge in [-0.05, 0) is 30.3 Å². The standard InChI is InChI=1S/C13H12N6O3S/c1-9-2-4-11(5-3-9)23(21,22)19-7-6-10(8-19)12(20)14-13-15-17-18-16-13/h2-8H,1H3,(H2,14,15,16,17,18,20). The minimum absolute atomic E-state index is 0.00383. The van der Waals surface area contributed by atoms with Crippen molar-refractivity contribution in [3.63, 3.8) is 0 Å². The van der Waals surface area contributed by atoms with E-state index < -0.39 is 15.9 Å². The lowest BCUT2D eigenvalue weighted by Gasteiger charge is -2.05. The number of aromatic nitrogens is 5. The van der Waals surface area contributed by atoms with E-state index >= 15 is 0 Å². The lowest BCUT2D eigenvalue weighted by Crippen LogP contribution is -2.14. The van der Waals surface area contributed by atoms with Crippen molar-refractivity contribution >= 4 is 21.9 Å². The second-order valence-corrected chi connectivity index (χ2v) is 6.58. The monoisotopic (exact) mass is 332 g/mol. The van der Waals surface area contributed by atoms with E-state index in [1.54, 1.807) is 12.1 Å². The molecule has 3 aromatic rings. The first-order valence-corrected chi connectivity index (χ1v) is 7.96. The molecular weight excluding hydrogens is 320 g/mol. The highest BCUT2D eigenvalue weighted by Gasteiger charge is 2.18. The van der Waals surface area contributed by atoms with Crippen LogP contribution in [0.4, 0.5) is 5.95 Å². The van der Waals surface area contributed by atoms with Crippen LogP contribution in [0.3, 0.4) is 0 Å². The van der Waals surface area contributed by atoms with Crippen LogP contribution in [0, 0.1) is 6.92 Å². The number of benzene rings is 1. The Hall–Kier alpha value is -3.01. The van der Waals surface area contributed by atoms with E-state index in [-0.39, 0.29) is 16.4 Å². The first-order chi connectivity index (χ1) is 11.0. The molecule has 2 heterocycles. The fourth-order valence-corrected chi connectivity index (χ4v) is 3.08. The van der Waals surface area contributed by atoms with Gasteiger partial charge >= 0.3 is 0 Å². The van der Waals surface area contributed by atoms with Crippen molar-refractivity contribution in [1.29, 1.82) is 0 Å². The summed E-state index contributed by atoms with van der Waals surface area (Å²) in [5.74, 6) is -0.534. The number of aromatic amines is 1. The highest BCUT2D eigenvalue weighted by molar-refractivity contribution is 7.90. The largest absolute Gasteiger partial charge is 0.288 e. The van der Waals surface area contributed by atoms with Gasteiger partial charge in [0.15, 0.2) is 0 Å². The van der Waals surface area contributed by atoms with Crippen LogP contribution in [-0.4, -0.2) is 38.9 Å². The molecule has 0 bridgehead atoms. The predicted octanol–water partition coefficient (Wildman–Crippen LogP) is 0.799. The summed E-state index contributed by atoms with van der Waals surface area (Å²) in [4.78, 5) is 12.1. The summed E-state index contributed by atoms with van der Waals surface area (Å²) < 4.78 is 26.0. The molecule has 118 valence electrons. The SMILES string of the molecule is Cc1ccc(S(=O)(=O)n2ccc(C(=O)Nc3nn[nH]n3)c2)cc1. The molecule has 0 aliphatic heterocycles. The highest BCUT2D eigenvalue weighted by Crippen LogP contribution is 2.16. The minimum atomic E-state index is -3.74. The molecule has 0 saturated carbocycles. The number of rotatable bonds is 4. The van der Waals surface area contributed by atoms with Crippen molar-refractivity contribution in [1.82, 2.24) is 24.6 Å². The van der Waals surface area contributed by atoms with E-state index in [2.05, 4.69) is 25.9 Å². The first-order valence-electron chi connectivity index (χ1n) is 6.52. The topological polar surface area (TPSA) is 123 Å². The van der Waals surface area contributed by atoms with E-state index in [1.807, 2.05) is 6.92 Å². The van der Waals surface area contributed by atoms with Crippen LogP contribution in [-0.2, 0) is 10.0 Å². The number of carbonyl (C=O) groups is 1. The molecule has 0 atom stereocenters. The molecule has 0 aliphatic rings. The van der Waals surface area contributed by atoms with Crippen LogP contribution in [0.15, 0.2) is 47.6 Å². The molecule has 10 heteroatoms. The van der Waals surface area contributed by atoms with Crippen molar-refractivity contribution in [2.24, 2.45) is 0 Å². The molecular formula is C13H12N6O3S. The van der Waals surface area contributed by atoms with Crippen LogP contribution in [0.25, 0.3) is 0 Å². The lowest BCUT2D eigenvalue weighted by atomic mass is 10.2. The summed E-state index contributed by atoms with van der Waals surface area (Å²) in [6, 6.07) is 7.84. The maximum absolute atomic E-state index is 12.5. The fraction of sp³-hybridized carbons (Fsp3) is 0.0769. The summed E-state index contributed by atoms with van der Waals surface area (Å²) in [6.45, 7) is 1.87. The Morgan fingerprint density at radius 2 is 1.96 bits per heavy atom. The van der Waals surface area contributed by atoms with Gasteiger partial charge in [0.05, 0.1) is 10.5 Å². The maximum atomic E-state index is 12.5. The second kappa shape index (κ2) is 5.65. The number of amides is 1. The summed E-state index contributed by atoms with van der Waals surface area (Å²) in [5, 5.41) is 15.1. The molecule has 3 rings (SSSR count). The zero-order valence-corrected chi connectivity index (χ0v) is 12.8. The van der Waals surface area contributed by atoms with Crippen molar-refractivity contribution < 1.29 is 13.2 Å². The van der Waals surface area contributed by atoms with Crippen LogP contribution in [0.2, 0.25) is 0 Å². The summed E-state index contributed by atoms with van der Waals surface area (Å²) in [7, 11) is -3.74. The number of hydrogen-bond acceptors (Lipinski definition) is 6. The second-order valence-electron chi connectivity index (χ2n) is 4.74. The molecule has 1 amide bonds. The highest BCUT2D eigenvalue weighted by atomic mass is 32.2. The average molecular weight is 332 g/mol. The van der Waals surface area contributed by atoms with Crippen molar-refractivity contribution in [3.8, 4) is 0 Å². The Morgan fingerprint density at radius 1 is 1.22 bits per heavy atom. The zero-order valence-electron chi connectivity index (χ0n) is 12.0. The number of nitrogens with zero attached hydrogens (tertiary/aromatic N) is 4. The molecule has 0 aliphatic carbocycles. The van der Waals surface area contributed by atoms with Crippen molar-refractivity contribution in [2.75, 3.05) is 5.32 Å². The van der Waals surface area contributed by atoms with E-state index in [1.165, 1.54) is 30.6 Å². The van der Waals surface area contributed by atoms with Gasteiger partial charge in [-0.25, -0.2) is 12.4 Å². The maximum Gasteiger partial charge on any atom is 0.270 e. The molecule has 9 nitrogen and oxygen atoms in total. The Balaban J connectivity index is 1.86. The van der Waals surface area contributed by atoms with Gasteiger partial charge in [0.2, 0.25) is 0 Å². The van der Waals surface area contributed by atoms with E-state index in [4.69, 9.17) is 0 Å². The van der Waals surface area contributed by atoms with Gasteiger partial charge in [0.1, 0.15) is 0 Å². The van der Waals surface area contributed by atoms with Crippen LogP contribution >= 0.6 is 0 Å². The smallest absolute Gasteiger partial charge is 0.270 e. The summed E-state index contributed by atoms with van der Waals surface area (Å²) in [5.41, 5.74) is 1.11. The van der Waals surface area contributed by atoms with E-state index in [0.717, 1.165) is 9.54 Å². The number of anilines is 1. The van der Waals surface area contributed by atoms with Crippen LogP contribution < -0.4 is 5.32 Å². The van der Waals surface area contributed by atoms with Gasteiger partial charge in [-0.15, -0.1) is 5.10 Å². The van der Waals surface area contributed by atoms with E-state index in [0.29, 0.717) is 0 Å². The number of aryl methyl sites for hydroxylation is 1. The third kappa shape index (κ3) is 2.97. The van der Waals surface area contributed by atoms with Crippen LogP contribution in [0.5, 0.6) is 0 Å². The summed E-state index contributed by atoms with van der Waals surface area (Å²) >= 11 is 0. The Labute approximate surface area is 131 Å². The first kappa shape index (κ1) is 14.9. The molecule has 2 aromatic heterocycles. The minimum Gasteiger partial charge on any atom is -0.288 e. The number of H-pyrrole nitrogens is 1. The van der Waals surface area contributed by atoms with Crippen molar-refractivity contribution in [3.05, 3.63) is 53.9 Å². The average Bonchev–Trinajstić information content (AvgIpc) is 3.19. The van der Waals surface area contributed by atoms with Gasteiger partial charge < -0.3 is 0 Å². The number of hydrogen-bond donors (Lipinski definition) is 2. The van der Waals surface area contributed by atoms with Gasteiger partial charge in [-0.3, -0.25) is 10.1 Å². The predicted molar refractivity (Wildman–Crippen MR) is 80.3 cm³/mol. The molecule has 0 saturated heterocycles. The number of nitrogens with one attached hydrogen (secondary N) is 2. The normalized spacial score (nSPS) is 11.3. The lowest BCUT2D eigenvalue weighted by molar-refractivity contribution is 0.102. The zero-order chi connectivity index (χ0) is 16.4. The number of carbonyl (C=O) groups excluding carboxylic acids is 1. The molecule has 0 fully saturated rings. The summed E-state index contributed by atoms with van der Waals surface area (Å²) in [6.07, 6.45) is 2.53. The van der Waals surface area contributed by atoms with Crippen molar-refractivity contribution in [2.45, 2.75) is 11.8 Å². The third-order valence-electron chi connectivity index (χ3n) is 3.10. The Bertz CT molecular complexity index is 929. The molecule has 2 N–H and O–H groups in total. The van der Waals surface area contributed by atoms with Crippen LogP contribution in [0.1, 0.15) is 15.9 Å². The molecule has 0 unspecified atom stereocenters. The fourth-order valence-electron chi connectivity index (χ4n) is 1.88. The van der Waals surface area contributed by atoms with Gasteiger partial charge in [0.25, 0.3) is 21.9 Å². The molecule has 23 heavy (non-hydrogen) atoms.